The van der Waals surface area contributed by atoms with Gasteiger partial charge in [-0.25, -0.2) is 0 Å². The Labute approximate surface area is 109 Å². The normalized spacial score (nSPS) is 17.0. The van der Waals surface area contributed by atoms with Crippen molar-refractivity contribution in [3.63, 3.8) is 0 Å². The van der Waals surface area contributed by atoms with Gasteiger partial charge < -0.3 is 20.5 Å². The lowest BCUT2D eigenvalue weighted by atomic mass is 10.2. The zero-order valence-corrected chi connectivity index (χ0v) is 11.4. The van der Waals surface area contributed by atoms with E-state index in [1.54, 1.807) is 12.3 Å². The van der Waals surface area contributed by atoms with Gasteiger partial charge in [-0.2, -0.15) is 0 Å². The predicted octanol–water partition coefficient (Wildman–Crippen LogP) is 1.22. The first-order chi connectivity index (χ1) is 8.58. The van der Waals surface area contributed by atoms with Crippen LogP contribution in [-0.2, 0) is 10.8 Å². The minimum atomic E-state index is -0.852. The first-order valence-corrected chi connectivity index (χ1v) is 7.45. The van der Waals surface area contributed by atoms with Gasteiger partial charge in [0, 0.05) is 41.0 Å². The Morgan fingerprint density at radius 3 is 2.61 bits per heavy atom. The van der Waals surface area contributed by atoms with Gasteiger partial charge in [0.15, 0.2) is 11.5 Å². The average Bonchev–Trinajstić information content (AvgIpc) is 2.35. The lowest BCUT2D eigenvalue weighted by Crippen LogP contribution is -2.21. The molecule has 6 heteroatoms. The van der Waals surface area contributed by atoms with Crippen molar-refractivity contribution in [2.75, 3.05) is 37.1 Å². The molecule has 2 rings (SSSR count). The van der Waals surface area contributed by atoms with Crippen LogP contribution in [-0.4, -0.2) is 35.5 Å². The quantitative estimate of drug-likeness (QED) is 0.805. The first kappa shape index (κ1) is 13.0. The van der Waals surface area contributed by atoms with Crippen molar-refractivity contribution in [3.05, 3.63) is 12.1 Å². The summed E-state index contributed by atoms with van der Waals surface area (Å²) in [7, 11) is -0.852. The molecule has 0 radical (unpaired) electrons. The number of nitrogen functional groups attached to an aromatic ring is 1. The van der Waals surface area contributed by atoms with E-state index in [1.807, 2.05) is 13.0 Å². The topological polar surface area (TPSA) is 73.6 Å². The van der Waals surface area contributed by atoms with E-state index in [0.717, 1.165) is 5.69 Å². The molecule has 18 heavy (non-hydrogen) atoms. The molecule has 1 aromatic carbocycles. The standard InChI is InChI=1S/C12H18N2O3S/c1-8(18(2)15)7-14-10-6-12-11(5-9(10)13)16-3-4-17-12/h5-6,8,14H,3-4,7,13H2,1-2H3. The van der Waals surface area contributed by atoms with Crippen LogP contribution in [0.2, 0.25) is 0 Å². The summed E-state index contributed by atoms with van der Waals surface area (Å²) in [5, 5.41) is 3.26. The average molecular weight is 270 g/mol. The Balaban J connectivity index is 2.11. The Kier molecular flexibility index (Phi) is 3.96. The fourth-order valence-electron chi connectivity index (χ4n) is 1.63. The van der Waals surface area contributed by atoms with Crippen LogP contribution >= 0.6 is 0 Å². The van der Waals surface area contributed by atoms with Gasteiger partial charge in [-0.15, -0.1) is 0 Å². The van der Waals surface area contributed by atoms with Crippen molar-refractivity contribution in [3.8, 4) is 11.5 Å². The highest BCUT2D eigenvalue weighted by atomic mass is 32.2. The molecule has 0 saturated heterocycles. The van der Waals surface area contributed by atoms with Gasteiger partial charge >= 0.3 is 0 Å². The van der Waals surface area contributed by atoms with Gasteiger partial charge in [-0.3, -0.25) is 4.21 Å². The number of nitrogens with two attached hydrogens (primary N) is 1. The van der Waals surface area contributed by atoms with Crippen LogP contribution in [0.25, 0.3) is 0 Å². The van der Waals surface area contributed by atoms with Crippen LogP contribution in [0.4, 0.5) is 11.4 Å². The number of anilines is 2. The lowest BCUT2D eigenvalue weighted by Gasteiger charge is -2.21. The zero-order valence-electron chi connectivity index (χ0n) is 10.6. The summed E-state index contributed by atoms with van der Waals surface area (Å²) in [6, 6.07) is 3.58. The van der Waals surface area contributed by atoms with E-state index in [1.165, 1.54) is 0 Å². The molecule has 0 saturated carbocycles. The maximum atomic E-state index is 11.3. The van der Waals surface area contributed by atoms with Crippen molar-refractivity contribution in [2.24, 2.45) is 0 Å². The highest BCUT2D eigenvalue weighted by Gasteiger charge is 2.15. The van der Waals surface area contributed by atoms with Crippen LogP contribution in [0, 0.1) is 0 Å². The summed E-state index contributed by atoms with van der Waals surface area (Å²) in [5.41, 5.74) is 7.33. The number of rotatable bonds is 4. The molecule has 0 bridgehead atoms. The molecule has 0 spiro atoms. The molecule has 2 unspecified atom stereocenters. The number of hydrogen-bond acceptors (Lipinski definition) is 5. The molecule has 100 valence electrons. The number of ether oxygens (including phenoxy) is 2. The monoisotopic (exact) mass is 270 g/mol. The highest BCUT2D eigenvalue weighted by molar-refractivity contribution is 7.84. The largest absolute Gasteiger partial charge is 0.486 e. The Hall–Kier alpha value is -1.43. The number of nitrogens with one attached hydrogen (secondary N) is 1. The van der Waals surface area contributed by atoms with Gasteiger partial charge in [-0.05, 0) is 6.92 Å². The van der Waals surface area contributed by atoms with Crippen LogP contribution < -0.4 is 20.5 Å². The van der Waals surface area contributed by atoms with Crippen LogP contribution in [0.1, 0.15) is 6.92 Å². The van der Waals surface area contributed by atoms with Crippen molar-refractivity contribution in [2.45, 2.75) is 12.2 Å². The fourth-order valence-corrected chi connectivity index (χ4v) is 1.95. The number of hydrogen-bond donors (Lipinski definition) is 2. The molecule has 1 aromatic rings. The second-order valence-electron chi connectivity index (χ2n) is 4.27. The molecule has 0 aliphatic carbocycles. The maximum Gasteiger partial charge on any atom is 0.163 e. The van der Waals surface area contributed by atoms with E-state index in [-0.39, 0.29) is 5.25 Å². The third-order valence-electron chi connectivity index (χ3n) is 2.86. The molecule has 1 aliphatic heterocycles. The third kappa shape index (κ3) is 2.87. The molecule has 3 N–H and O–H groups in total. The van der Waals surface area contributed by atoms with Crippen molar-refractivity contribution < 1.29 is 13.7 Å². The molecule has 1 heterocycles. The summed E-state index contributed by atoms with van der Waals surface area (Å²) >= 11 is 0. The summed E-state index contributed by atoms with van der Waals surface area (Å²) in [6.45, 7) is 3.63. The van der Waals surface area contributed by atoms with Crippen molar-refractivity contribution in [1.29, 1.82) is 0 Å². The second-order valence-corrected chi connectivity index (χ2v) is 6.08. The SMILES string of the molecule is CC(CNc1cc2c(cc1N)OCCO2)S(C)=O. The summed E-state index contributed by atoms with van der Waals surface area (Å²) in [6.07, 6.45) is 1.69. The molecular formula is C12H18N2O3S. The summed E-state index contributed by atoms with van der Waals surface area (Å²) < 4.78 is 22.2. The van der Waals surface area contributed by atoms with E-state index in [0.29, 0.717) is 36.9 Å². The zero-order chi connectivity index (χ0) is 13.1. The van der Waals surface area contributed by atoms with Crippen LogP contribution in [0.5, 0.6) is 11.5 Å². The van der Waals surface area contributed by atoms with E-state index in [4.69, 9.17) is 15.2 Å². The fraction of sp³-hybridized carbons (Fsp3) is 0.500. The van der Waals surface area contributed by atoms with Gasteiger partial charge in [0.25, 0.3) is 0 Å². The van der Waals surface area contributed by atoms with E-state index in [2.05, 4.69) is 5.32 Å². The van der Waals surface area contributed by atoms with Gasteiger partial charge in [0.2, 0.25) is 0 Å². The molecule has 0 aromatic heterocycles. The van der Waals surface area contributed by atoms with Gasteiger partial charge in [0.1, 0.15) is 13.2 Å². The van der Waals surface area contributed by atoms with Crippen molar-refractivity contribution >= 4 is 22.2 Å². The molecule has 0 fully saturated rings. The first-order valence-electron chi connectivity index (χ1n) is 5.83. The Morgan fingerprint density at radius 1 is 1.39 bits per heavy atom. The smallest absolute Gasteiger partial charge is 0.163 e. The lowest BCUT2D eigenvalue weighted by molar-refractivity contribution is 0.172. The Bertz CT molecular complexity index is 465. The minimum absolute atomic E-state index is 0.0672. The van der Waals surface area contributed by atoms with E-state index < -0.39 is 10.8 Å². The van der Waals surface area contributed by atoms with Gasteiger partial charge in [0.05, 0.1) is 11.4 Å². The maximum absolute atomic E-state index is 11.3. The molecule has 1 aliphatic rings. The third-order valence-corrected chi connectivity index (χ3v) is 4.16. The molecule has 5 nitrogen and oxygen atoms in total. The highest BCUT2D eigenvalue weighted by Crippen LogP contribution is 2.36. The number of fused-ring (bicyclic) bond motifs is 1. The number of benzene rings is 1. The van der Waals surface area contributed by atoms with Gasteiger partial charge in [-0.1, -0.05) is 0 Å². The summed E-state index contributed by atoms with van der Waals surface area (Å²) in [4.78, 5) is 0. The molecule has 0 amide bonds. The Morgan fingerprint density at radius 2 is 2.00 bits per heavy atom. The molecule has 2 atom stereocenters. The molecular weight excluding hydrogens is 252 g/mol. The second kappa shape index (κ2) is 5.48. The van der Waals surface area contributed by atoms with Crippen molar-refractivity contribution in [1.82, 2.24) is 0 Å². The van der Waals surface area contributed by atoms with Crippen LogP contribution in [0.3, 0.4) is 0 Å². The minimum Gasteiger partial charge on any atom is -0.486 e. The van der Waals surface area contributed by atoms with E-state index >= 15 is 0 Å². The van der Waals surface area contributed by atoms with Crippen LogP contribution in [0.15, 0.2) is 12.1 Å². The predicted molar refractivity (Wildman–Crippen MR) is 73.9 cm³/mol. The summed E-state index contributed by atoms with van der Waals surface area (Å²) in [5.74, 6) is 1.37. The van der Waals surface area contributed by atoms with E-state index in [9.17, 15) is 4.21 Å².